The van der Waals surface area contributed by atoms with Gasteiger partial charge in [0.2, 0.25) is 0 Å². The first-order valence-corrected chi connectivity index (χ1v) is 2.85. The lowest BCUT2D eigenvalue weighted by atomic mass is 10.1. The third-order valence-corrected chi connectivity index (χ3v) is 1.02. The minimum Gasteiger partial charge on any atom is -0.248 e. The molecule has 0 aliphatic heterocycles. The van der Waals surface area contributed by atoms with Crippen molar-refractivity contribution >= 4 is 0 Å². The quantitative estimate of drug-likeness (QED) is 0.560. The average Bonchev–Trinajstić information content (AvgIpc) is 1.87. The SMILES string of the molecule is [CH2]CCC(F)[C@@H](F)CF. The predicted molar refractivity (Wildman–Crippen MR) is 30.4 cm³/mol. The van der Waals surface area contributed by atoms with Crippen LogP contribution in [0.2, 0.25) is 0 Å². The number of halogens is 3. The molecule has 0 fully saturated rings. The Kier molecular flexibility index (Phi) is 4.54. The smallest absolute Gasteiger partial charge is 0.159 e. The van der Waals surface area contributed by atoms with E-state index in [4.69, 9.17) is 0 Å². The molecule has 0 rings (SSSR count). The second-order valence-corrected chi connectivity index (χ2v) is 1.83. The molecule has 9 heavy (non-hydrogen) atoms. The largest absolute Gasteiger partial charge is 0.248 e. The average molecular weight is 139 g/mol. The zero-order valence-corrected chi connectivity index (χ0v) is 5.12. The van der Waals surface area contributed by atoms with Gasteiger partial charge < -0.3 is 0 Å². The highest BCUT2D eigenvalue weighted by Gasteiger charge is 2.18. The van der Waals surface area contributed by atoms with Crippen molar-refractivity contribution in [1.29, 1.82) is 0 Å². The van der Waals surface area contributed by atoms with Crippen LogP contribution < -0.4 is 0 Å². The fourth-order valence-electron chi connectivity index (χ4n) is 0.473. The van der Waals surface area contributed by atoms with Crippen molar-refractivity contribution in [3.63, 3.8) is 0 Å². The summed E-state index contributed by atoms with van der Waals surface area (Å²) in [6, 6.07) is 0. The Morgan fingerprint density at radius 1 is 1.22 bits per heavy atom. The molecular formula is C6H10F3. The van der Waals surface area contributed by atoms with Crippen molar-refractivity contribution in [2.24, 2.45) is 0 Å². The van der Waals surface area contributed by atoms with E-state index in [0.717, 1.165) is 0 Å². The van der Waals surface area contributed by atoms with Gasteiger partial charge in [0, 0.05) is 0 Å². The van der Waals surface area contributed by atoms with E-state index < -0.39 is 19.0 Å². The molecular weight excluding hydrogens is 129 g/mol. The maximum absolute atomic E-state index is 12.1. The van der Waals surface area contributed by atoms with Gasteiger partial charge in [-0.1, -0.05) is 13.3 Å². The minimum atomic E-state index is -1.95. The van der Waals surface area contributed by atoms with Gasteiger partial charge in [0.05, 0.1) is 0 Å². The molecule has 0 nitrogen and oxygen atoms in total. The van der Waals surface area contributed by atoms with Gasteiger partial charge in [0.1, 0.15) is 12.8 Å². The summed E-state index contributed by atoms with van der Waals surface area (Å²) in [6.45, 7) is 2.08. The van der Waals surface area contributed by atoms with Crippen LogP contribution in [0.4, 0.5) is 13.2 Å². The first-order valence-electron chi connectivity index (χ1n) is 2.85. The Hall–Kier alpha value is -0.210. The van der Waals surface area contributed by atoms with Crippen LogP contribution in [0.3, 0.4) is 0 Å². The molecule has 0 aromatic carbocycles. The summed E-state index contributed by atoms with van der Waals surface area (Å²) in [5.74, 6) is 0. The van der Waals surface area contributed by atoms with Crippen LogP contribution in [-0.4, -0.2) is 19.0 Å². The summed E-state index contributed by atoms with van der Waals surface area (Å²) in [7, 11) is 0. The fourth-order valence-corrected chi connectivity index (χ4v) is 0.473. The number of hydrogen-bond acceptors (Lipinski definition) is 0. The molecule has 55 valence electrons. The lowest BCUT2D eigenvalue weighted by Gasteiger charge is -2.07. The lowest BCUT2D eigenvalue weighted by Crippen LogP contribution is -2.18. The maximum atomic E-state index is 12.1. The van der Waals surface area contributed by atoms with Gasteiger partial charge in [0.15, 0.2) is 6.17 Å². The van der Waals surface area contributed by atoms with Crippen LogP contribution in [-0.2, 0) is 0 Å². The highest BCUT2D eigenvalue weighted by atomic mass is 19.2. The van der Waals surface area contributed by atoms with Crippen LogP contribution in [0, 0.1) is 6.92 Å². The van der Waals surface area contributed by atoms with Crippen LogP contribution in [0.1, 0.15) is 12.8 Å². The van der Waals surface area contributed by atoms with Crippen molar-refractivity contribution in [2.45, 2.75) is 25.2 Å². The molecule has 0 aromatic rings. The Bertz CT molecular complexity index is 65.3. The molecule has 0 bridgehead atoms. The van der Waals surface area contributed by atoms with E-state index in [0.29, 0.717) is 6.42 Å². The lowest BCUT2D eigenvalue weighted by molar-refractivity contribution is 0.131. The first-order chi connectivity index (χ1) is 4.22. The Labute approximate surface area is 53.1 Å². The Balaban J connectivity index is 3.32. The molecule has 0 aliphatic carbocycles. The summed E-state index contributed by atoms with van der Waals surface area (Å²) < 4.78 is 35.4. The maximum Gasteiger partial charge on any atom is 0.159 e. The van der Waals surface area contributed by atoms with Crippen LogP contribution in [0.5, 0.6) is 0 Å². The van der Waals surface area contributed by atoms with E-state index in [1.807, 2.05) is 0 Å². The van der Waals surface area contributed by atoms with E-state index in [9.17, 15) is 13.2 Å². The predicted octanol–water partition coefficient (Wildman–Crippen LogP) is 2.25. The van der Waals surface area contributed by atoms with E-state index in [1.54, 1.807) is 0 Å². The van der Waals surface area contributed by atoms with Gasteiger partial charge in [-0.2, -0.15) is 0 Å². The minimum absolute atomic E-state index is 0.00505. The summed E-state index contributed by atoms with van der Waals surface area (Å²) in [4.78, 5) is 0. The van der Waals surface area contributed by atoms with Crippen molar-refractivity contribution in [3.8, 4) is 0 Å². The normalized spacial score (nSPS) is 17.3. The Morgan fingerprint density at radius 2 is 1.78 bits per heavy atom. The first kappa shape index (κ1) is 8.79. The van der Waals surface area contributed by atoms with Crippen LogP contribution >= 0.6 is 0 Å². The molecule has 1 radical (unpaired) electrons. The monoisotopic (exact) mass is 139 g/mol. The summed E-state index contributed by atoms with van der Waals surface area (Å²) in [5.41, 5.74) is 0. The standard InChI is InChI=1S/C6H10F3/c1-2-3-5(8)6(9)4-7/h5-6H,1-4H2/t5?,6-/m0/s1. The summed E-state index contributed by atoms with van der Waals surface area (Å²) >= 11 is 0. The van der Waals surface area contributed by atoms with E-state index in [-0.39, 0.29) is 6.42 Å². The highest BCUT2D eigenvalue weighted by Crippen LogP contribution is 2.10. The second kappa shape index (κ2) is 4.65. The van der Waals surface area contributed by atoms with Gasteiger partial charge in [-0.05, 0) is 6.42 Å². The summed E-state index contributed by atoms with van der Waals surface area (Å²) in [5, 5.41) is 0. The molecule has 0 N–H and O–H groups in total. The molecule has 0 heterocycles. The topological polar surface area (TPSA) is 0 Å². The fraction of sp³-hybridized carbons (Fsp3) is 0.833. The molecule has 3 heteroatoms. The number of alkyl halides is 3. The van der Waals surface area contributed by atoms with Crippen molar-refractivity contribution < 1.29 is 13.2 Å². The van der Waals surface area contributed by atoms with Gasteiger partial charge in [-0.15, -0.1) is 0 Å². The van der Waals surface area contributed by atoms with Gasteiger partial charge in [0.25, 0.3) is 0 Å². The van der Waals surface area contributed by atoms with Crippen molar-refractivity contribution in [1.82, 2.24) is 0 Å². The number of rotatable bonds is 4. The number of hydrogen-bond donors (Lipinski definition) is 0. The molecule has 0 saturated carbocycles. The van der Waals surface area contributed by atoms with Crippen molar-refractivity contribution in [2.75, 3.05) is 6.67 Å². The molecule has 1 unspecified atom stereocenters. The molecule has 0 amide bonds. The molecule has 0 saturated heterocycles. The summed E-state index contributed by atoms with van der Waals surface area (Å²) in [6.07, 6.45) is -3.31. The van der Waals surface area contributed by atoms with Gasteiger partial charge in [-0.25, -0.2) is 13.2 Å². The van der Waals surface area contributed by atoms with Crippen LogP contribution in [0.15, 0.2) is 0 Å². The third kappa shape index (κ3) is 3.38. The Morgan fingerprint density at radius 3 is 2.11 bits per heavy atom. The van der Waals surface area contributed by atoms with Gasteiger partial charge in [-0.3, -0.25) is 0 Å². The third-order valence-electron chi connectivity index (χ3n) is 1.02. The van der Waals surface area contributed by atoms with Crippen molar-refractivity contribution in [3.05, 3.63) is 6.92 Å². The molecule has 0 aliphatic rings. The van der Waals surface area contributed by atoms with E-state index >= 15 is 0 Å². The zero-order chi connectivity index (χ0) is 7.28. The van der Waals surface area contributed by atoms with Crippen LogP contribution in [0.25, 0.3) is 0 Å². The molecule has 0 spiro atoms. The highest BCUT2D eigenvalue weighted by molar-refractivity contribution is 4.66. The second-order valence-electron chi connectivity index (χ2n) is 1.83. The molecule has 2 atom stereocenters. The van der Waals surface area contributed by atoms with E-state index in [1.165, 1.54) is 0 Å². The molecule has 0 aromatic heterocycles. The van der Waals surface area contributed by atoms with E-state index in [2.05, 4.69) is 6.92 Å². The zero-order valence-electron chi connectivity index (χ0n) is 5.12. The van der Waals surface area contributed by atoms with Gasteiger partial charge >= 0.3 is 0 Å².